The van der Waals surface area contributed by atoms with Crippen LogP contribution in [0.1, 0.15) is 41.8 Å². The van der Waals surface area contributed by atoms with Crippen LogP contribution in [0.2, 0.25) is 0 Å². The molecule has 1 saturated heterocycles. The van der Waals surface area contributed by atoms with E-state index in [1.165, 1.54) is 12.8 Å². The topological polar surface area (TPSA) is 57.5 Å². The van der Waals surface area contributed by atoms with E-state index in [2.05, 4.69) is 27.7 Å². The predicted molar refractivity (Wildman–Crippen MR) is 114 cm³/mol. The van der Waals surface area contributed by atoms with Crippen LogP contribution in [0.4, 0.5) is 4.79 Å². The molecule has 150 valence electrons. The van der Waals surface area contributed by atoms with Crippen LogP contribution in [0.5, 0.6) is 0 Å². The molecule has 0 radical (unpaired) electrons. The summed E-state index contributed by atoms with van der Waals surface area (Å²) in [7, 11) is 0. The van der Waals surface area contributed by atoms with Crippen LogP contribution in [0, 0.1) is 0 Å². The van der Waals surface area contributed by atoms with E-state index < -0.39 is 0 Å². The second kappa shape index (κ2) is 9.43. The van der Waals surface area contributed by atoms with Crippen molar-refractivity contribution >= 4 is 6.03 Å². The first-order valence-electron chi connectivity index (χ1n) is 10.2. The van der Waals surface area contributed by atoms with E-state index in [4.69, 9.17) is 4.42 Å². The van der Waals surface area contributed by atoms with Gasteiger partial charge in [-0.3, -0.25) is 0 Å². The fourth-order valence-electron chi connectivity index (χ4n) is 3.89. The number of hydrogen-bond donors (Lipinski definition) is 2. The van der Waals surface area contributed by atoms with Gasteiger partial charge < -0.3 is 20.0 Å². The maximum atomic E-state index is 13.0. The van der Waals surface area contributed by atoms with Gasteiger partial charge in [-0.2, -0.15) is 0 Å². The second-order valence-electron chi connectivity index (χ2n) is 7.45. The van der Waals surface area contributed by atoms with Crippen LogP contribution >= 0.6 is 0 Å². The molecule has 2 atom stereocenters. The molecular weight excluding hydrogens is 362 g/mol. The molecular formula is C24H27N3O2. The maximum Gasteiger partial charge on any atom is 0.316 e. The number of likely N-dealkylation sites (tertiary alicyclic amines) is 1. The van der Waals surface area contributed by atoms with E-state index in [0.717, 1.165) is 30.8 Å². The van der Waals surface area contributed by atoms with Gasteiger partial charge in [0.1, 0.15) is 11.8 Å². The lowest BCUT2D eigenvalue weighted by Crippen LogP contribution is -2.43. The highest BCUT2D eigenvalue weighted by atomic mass is 16.3. The first kappa shape index (κ1) is 19.3. The van der Waals surface area contributed by atoms with Crippen molar-refractivity contribution in [1.29, 1.82) is 0 Å². The van der Waals surface area contributed by atoms with Gasteiger partial charge in [0.05, 0.1) is 12.3 Å². The summed E-state index contributed by atoms with van der Waals surface area (Å²) in [6.45, 7) is 2.99. The fourth-order valence-corrected chi connectivity index (χ4v) is 3.89. The van der Waals surface area contributed by atoms with Gasteiger partial charge in [0, 0.05) is 6.54 Å². The van der Waals surface area contributed by atoms with Gasteiger partial charge in [0.15, 0.2) is 0 Å². The Hall–Kier alpha value is -3.05. The number of carbonyl (C=O) groups excluding carboxylic acids is 1. The minimum Gasteiger partial charge on any atom is -0.467 e. The van der Waals surface area contributed by atoms with Crippen molar-refractivity contribution in [2.45, 2.75) is 24.9 Å². The zero-order valence-corrected chi connectivity index (χ0v) is 16.5. The Morgan fingerprint density at radius 2 is 1.52 bits per heavy atom. The second-order valence-corrected chi connectivity index (χ2v) is 7.45. The summed E-state index contributed by atoms with van der Waals surface area (Å²) in [4.78, 5) is 15.4. The minimum absolute atomic E-state index is 0.0673. The van der Waals surface area contributed by atoms with E-state index in [0.29, 0.717) is 5.76 Å². The average Bonchev–Trinajstić information content (AvgIpc) is 3.47. The van der Waals surface area contributed by atoms with Gasteiger partial charge in [-0.15, -0.1) is 0 Å². The van der Waals surface area contributed by atoms with Crippen LogP contribution in [0.15, 0.2) is 83.5 Å². The number of carbonyl (C=O) groups is 1. The molecule has 0 bridgehead atoms. The van der Waals surface area contributed by atoms with E-state index in [9.17, 15) is 4.79 Å². The summed E-state index contributed by atoms with van der Waals surface area (Å²) in [5.74, 6) is 0.710. The lowest BCUT2D eigenvalue weighted by Gasteiger charge is -2.26. The Balaban J connectivity index is 1.50. The lowest BCUT2D eigenvalue weighted by molar-refractivity contribution is 0.226. The van der Waals surface area contributed by atoms with Crippen LogP contribution in [-0.2, 0) is 0 Å². The zero-order valence-electron chi connectivity index (χ0n) is 16.5. The van der Waals surface area contributed by atoms with Gasteiger partial charge in [-0.1, -0.05) is 60.7 Å². The number of furan rings is 1. The largest absolute Gasteiger partial charge is 0.467 e. The van der Waals surface area contributed by atoms with Crippen LogP contribution < -0.4 is 10.6 Å². The number of hydrogen-bond acceptors (Lipinski definition) is 3. The molecule has 29 heavy (non-hydrogen) atoms. The smallest absolute Gasteiger partial charge is 0.316 e. The van der Waals surface area contributed by atoms with E-state index >= 15 is 0 Å². The van der Waals surface area contributed by atoms with Crippen molar-refractivity contribution in [2.24, 2.45) is 0 Å². The summed E-state index contributed by atoms with van der Waals surface area (Å²) in [5.41, 5.74) is 2.09. The lowest BCUT2D eigenvalue weighted by atomic mass is 10.0. The molecule has 5 heteroatoms. The van der Waals surface area contributed by atoms with Gasteiger partial charge in [-0.25, -0.2) is 4.79 Å². The summed E-state index contributed by atoms with van der Waals surface area (Å²) in [5, 5.41) is 6.29. The molecule has 1 aromatic heterocycles. The normalized spacial score (nSPS) is 16.3. The van der Waals surface area contributed by atoms with Crippen LogP contribution in [0.3, 0.4) is 0 Å². The van der Waals surface area contributed by atoms with Crippen molar-refractivity contribution in [3.8, 4) is 0 Å². The van der Waals surface area contributed by atoms with E-state index in [1.54, 1.807) is 6.26 Å². The highest BCUT2D eigenvalue weighted by Gasteiger charge is 2.24. The quantitative estimate of drug-likeness (QED) is 0.625. The summed E-state index contributed by atoms with van der Waals surface area (Å²) in [6, 6.07) is 23.2. The third kappa shape index (κ3) is 5.06. The molecule has 0 aliphatic carbocycles. The van der Waals surface area contributed by atoms with Gasteiger partial charge >= 0.3 is 6.03 Å². The monoisotopic (exact) mass is 389 g/mol. The number of urea groups is 1. The predicted octanol–water partition coefficient (Wildman–Crippen LogP) is 4.51. The SMILES string of the molecule is O=C(NC(CN1CCCC1)c1ccccc1)NC(c1ccccc1)c1ccco1. The average molecular weight is 389 g/mol. The Morgan fingerprint density at radius 1 is 0.862 bits per heavy atom. The molecule has 4 rings (SSSR count). The number of benzene rings is 2. The third-order valence-corrected chi connectivity index (χ3v) is 5.38. The summed E-state index contributed by atoms with van der Waals surface area (Å²) >= 11 is 0. The highest BCUT2D eigenvalue weighted by Crippen LogP contribution is 2.23. The van der Waals surface area contributed by atoms with Gasteiger partial charge in [-0.05, 0) is 49.2 Å². The zero-order chi connectivity index (χ0) is 19.9. The molecule has 2 amide bonds. The van der Waals surface area contributed by atoms with Gasteiger partial charge in [0.2, 0.25) is 0 Å². The first-order chi connectivity index (χ1) is 14.3. The Morgan fingerprint density at radius 3 is 2.14 bits per heavy atom. The molecule has 1 aliphatic rings. The first-order valence-corrected chi connectivity index (χ1v) is 10.2. The number of rotatable bonds is 7. The molecule has 1 aliphatic heterocycles. The fraction of sp³-hybridized carbons (Fsp3) is 0.292. The van der Waals surface area contributed by atoms with Crippen LogP contribution in [-0.4, -0.2) is 30.6 Å². The highest BCUT2D eigenvalue weighted by molar-refractivity contribution is 5.75. The number of amides is 2. The van der Waals surface area contributed by atoms with E-state index in [-0.39, 0.29) is 18.1 Å². The molecule has 1 fully saturated rings. The molecule has 0 saturated carbocycles. The molecule has 2 heterocycles. The molecule has 5 nitrogen and oxygen atoms in total. The van der Waals surface area contributed by atoms with E-state index in [1.807, 2.05) is 60.7 Å². The third-order valence-electron chi connectivity index (χ3n) is 5.38. The Kier molecular flexibility index (Phi) is 6.27. The molecule has 2 unspecified atom stereocenters. The molecule has 0 spiro atoms. The van der Waals surface area contributed by atoms with Crippen molar-refractivity contribution < 1.29 is 9.21 Å². The number of nitrogens with one attached hydrogen (secondary N) is 2. The standard InChI is InChI=1S/C24H27N3O2/c28-24(26-23(22-14-9-17-29-22)20-12-5-2-6-13-20)25-21(18-27-15-7-8-16-27)19-10-3-1-4-11-19/h1-6,9-14,17,21,23H,7-8,15-16,18H2,(H2,25,26,28). The number of nitrogens with zero attached hydrogens (tertiary/aromatic N) is 1. The molecule has 2 N–H and O–H groups in total. The van der Waals surface area contributed by atoms with Crippen molar-refractivity contribution in [3.63, 3.8) is 0 Å². The molecule has 3 aromatic rings. The van der Waals surface area contributed by atoms with Gasteiger partial charge in [0.25, 0.3) is 0 Å². The maximum absolute atomic E-state index is 13.0. The van der Waals surface area contributed by atoms with Crippen molar-refractivity contribution in [2.75, 3.05) is 19.6 Å². The Labute approximate surface area is 171 Å². The Bertz CT molecular complexity index is 875. The summed E-state index contributed by atoms with van der Waals surface area (Å²) in [6.07, 6.45) is 4.08. The van der Waals surface area contributed by atoms with Crippen molar-refractivity contribution in [1.82, 2.24) is 15.5 Å². The van der Waals surface area contributed by atoms with Crippen molar-refractivity contribution in [3.05, 3.63) is 95.9 Å². The summed E-state index contributed by atoms with van der Waals surface area (Å²) < 4.78 is 5.60. The van der Waals surface area contributed by atoms with Crippen LogP contribution in [0.25, 0.3) is 0 Å². The minimum atomic E-state index is -0.339. The molecule has 2 aromatic carbocycles.